The quantitative estimate of drug-likeness (QED) is 0.704. The highest BCUT2D eigenvalue weighted by molar-refractivity contribution is 9.08. The average Bonchev–Trinajstić information content (AvgIpc) is 2.30. The van der Waals surface area contributed by atoms with Crippen LogP contribution in [0.1, 0.15) is 12.7 Å². The van der Waals surface area contributed by atoms with E-state index in [2.05, 4.69) is 27.8 Å². The molecule has 1 aromatic heterocycles. The molecule has 4 heteroatoms. The third-order valence-corrected chi connectivity index (χ3v) is 1.97. The summed E-state index contributed by atoms with van der Waals surface area (Å²) in [6.07, 6.45) is 1.83. The topological polar surface area (TPSA) is 17.8 Å². The maximum atomic E-state index is 5.67. The minimum atomic E-state index is 0.566. The van der Waals surface area contributed by atoms with E-state index in [9.17, 15) is 0 Å². The second-order valence-corrected chi connectivity index (χ2v) is 2.85. The Morgan fingerprint density at radius 3 is 2.90 bits per heavy atom. The molecule has 0 N–H and O–H groups in total. The fourth-order valence-corrected chi connectivity index (χ4v) is 1.46. The van der Waals surface area contributed by atoms with E-state index in [-0.39, 0.29) is 0 Å². The third-order valence-electron chi connectivity index (χ3n) is 1.29. The number of imidazole rings is 1. The summed E-state index contributed by atoms with van der Waals surface area (Å²) in [6, 6.07) is 0. The van der Waals surface area contributed by atoms with Crippen LogP contribution in [-0.2, 0) is 11.9 Å². The number of alkyl halides is 1. The maximum absolute atomic E-state index is 5.67. The van der Waals surface area contributed by atoms with E-state index in [1.54, 1.807) is 0 Å². The van der Waals surface area contributed by atoms with Crippen molar-refractivity contribution in [1.29, 1.82) is 0 Å². The molecule has 0 aliphatic carbocycles. The molecule has 0 aliphatic heterocycles. The molecule has 0 unspecified atom stereocenters. The highest BCUT2D eigenvalue weighted by atomic mass is 79.9. The number of nitrogens with zero attached hydrogens (tertiary/aromatic N) is 2. The van der Waals surface area contributed by atoms with Crippen LogP contribution in [0.15, 0.2) is 6.20 Å². The van der Waals surface area contributed by atoms with Crippen LogP contribution in [0.25, 0.3) is 0 Å². The van der Waals surface area contributed by atoms with Gasteiger partial charge in [0.1, 0.15) is 11.0 Å². The zero-order valence-corrected chi connectivity index (χ0v) is 7.98. The second-order valence-electron chi connectivity index (χ2n) is 1.90. The molecule has 0 fully saturated rings. The molecule has 10 heavy (non-hydrogen) atoms. The van der Waals surface area contributed by atoms with Gasteiger partial charge < -0.3 is 4.57 Å². The molecule has 1 aromatic rings. The van der Waals surface area contributed by atoms with Crippen molar-refractivity contribution in [2.45, 2.75) is 18.8 Å². The number of halogens is 2. The van der Waals surface area contributed by atoms with E-state index >= 15 is 0 Å². The zero-order valence-electron chi connectivity index (χ0n) is 5.64. The Morgan fingerprint density at radius 1 is 1.80 bits per heavy atom. The standard InChI is InChI=1S/C6H8BrClN2/c1-2-10-4-5(8)9-6(10)3-7/h4H,2-3H2,1H3. The first-order valence-electron chi connectivity index (χ1n) is 3.05. The SMILES string of the molecule is CCn1cc(Cl)nc1CBr. The molecule has 56 valence electrons. The number of hydrogen-bond donors (Lipinski definition) is 0. The lowest BCUT2D eigenvalue weighted by atomic mass is 10.6. The van der Waals surface area contributed by atoms with Crippen molar-refractivity contribution in [2.24, 2.45) is 0 Å². The van der Waals surface area contributed by atoms with Gasteiger partial charge in [-0.15, -0.1) is 0 Å². The molecular formula is C6H8BrClN2. The summed E-state index contributed by atoms with van der Waals surface area (Å²) in [4.78, 5) is 4.08. The lowest BCUT2D eigenvalue weighted by Gasteiger charge is -1.97. The fraction of sp³-hybridized carbons (Fsp3) is 0.500. The van der Waals surface area contributed by atoms with Gasteiger partial charge in [0.05, 0.1) is 5.33 Å². The van der Waals surface area contributed by atoms with Crippen LogP contribution in [0.5, 0.6) is 0 Å². The van der Waals surface area contributed by atoms with Gasteiger partial charge >= 0.3 is 0 Å². The van der Waals surface area contributed by atoms with Crippen LogP contribution in [-0.4, -0.2) is 9.55 Å². The molecule has 0 aliphatic rings. The molecule has 0 radical (unpaired) electrons. The highest BCUT2D eigenvalue weighted by Gasteiger charge is 2.01. The first-order valence-corrected chi connectivity index (χ1v) is 4.55. The molecule has 2 nitrogen and oxygen atoms in total. The first-order chi connectivity index (χ1) is 4.77. The fourth-order valence-electron chi connectivity index (χ4n) is 0.800. The molecule has 1 rings (SSSR count). The number of aryl methyl sites for hydroxylation is 1. The predicted molar refractivity (Wildman–Crippen MR) is 45.5 cm³/mol. The summed E-state index contributed by atoms with van der Waals surface area (Å²) >= 11 is 8.99. The first kappa shape index (κ1) is 8.08. The normalized spacial score (nSPS) is 10.3. The van der Waals surface area contributed by atoms with E-state index < -0.39 is 0 Å². The Bertz CT molecular complexity index is 200. The number of aromatic nitrogens is 2. The van der Waals surface area contributed by atoms with Crippen LogP contribution >= 0.6 is 27.5 Å². The summed E-state index contributed by atoms with van der Waals surface area (Å²) in [5.74, 6) is 0.979. The van der Waals surface area contributed by atoms with Gasteiger partial charge in [0.25, 0.3) is 0 Å². The van der Waals surface area contributed by atoms with Crippen molar-refractivity contribution in [1.82, 2.24) is 9.55 Å². The van der Waals surface area contributed by atoms with Crippen LogP contribution in [0, 0.1) is 0 Å². The molecule has 0 aromatic carbocycles. The molecule has 0 saturated carbocycles. The smallest absolute Gasteiger partial charge is 0.147 e. The number of rotatable bonds is 2. The summed E-state index contributed by atoms with van der Waals surface area (Å²) < 4.78 is 2.01. The second kappa shape index (κ2) is 3.39. The van der Waals surface area contributed by atoms with Gasteiger partial charge in [-0.3, -0.25) is 0 Å². The third kappa shape index (κ3) is 1.52. The van der Waals surface area contributed by atoms with E-state index in [0.717, 1.165) is 17.7 Å². The average molecular weight is 224 g/mol. The number of hydrogen-bond acceptors (Lipinski definition) is 1. The van der Waals surface area contributed by atoms with E-state index in [1.165, 1.54) is 0 Å². The van der Waals surface area contributed by atoms with Crippen LogP contribution in [0.3, 0.4) is 0 Å². The Hall–Kier alpha value is -0.0200. The van der Waals surface area contributed by atoms with Crippen LogP contribution in [0.4, 0.5) is 0 Å². The van der Waals surface area contributed by atoms with Gasteiger partial charge in [-0.05, 0) is 6.92 Å². The summed E-state index contributed by atoms with van der Waals surface area (Å²) in [5, 5.41) is 1.32. The minimum Gasteiger partial charge on any atom is -0.333 e. The molecular weight excluding hydrogens is 215 g/mol. The van der Waals surface area contributed by atoms with Gasteiger partial charge in [-0.1, -0.05) is 27.5 Å². The molecule has 0 saturated heterocycles. The van der Waals surface area contributed by atoms with Crippen molar-refractivity contribution < 1.29 is 0 Å². The Balaban J connectivity index is 2.96. The maximum Gasteiger partial charge on any atom is 0.147 e. The molecule has 0 bridgehead atoms. The molecule has 1 heterocycles. The minimum absolute atomic E-state index is 0.566. The summed E-state index contributed by atoms with van der Waals surface area (Å²) in [5.41, 5.74) is 0. The van der Waals surface area contributed by atoms with Crippen LogP contribution in [0.2, 0.25) is 5.15 Å². The van der Waals surface area contributed by atoms with Crippen molar-refractivity contribution in [3.8, 4) is 0 Å². The van der Waals surface area contributed by atoms with E-state index in [0.29, 0.717) is 5.15 Å². The molecule has 0 atom stereocenters. The lowest BCUT2D eigenvalue weighted by molar-refractivity contribution is 0.727. The highest BCUT2D eigenvalue weighted by Crippen LogP contribution is 2.10. The van der Waals surface area contributed by atoms with Gasteiger partial charge in [0.15, 0.2) is 0 Å². The van der Waals surface area contributed by atoms with Crippen molar-refractivity contribution in [3.05, 3.63) is 17.2 Å². The zero-order chi connectivity index (χ0) is 7.56. The molecule has 0 amide bonds. The van der Waals surface area contributed by atoms with Crippen molar-refractivity contribution in [2.75, 3.05) is 0 Å². The van der Waals surface area contributed by atoms with Gasteiger partial charge in [0.2, 0.25) is 0 Å². The van der Waals surface area contributed by atoms with Crippen molar-refractivity contribution in [3.63, 3.8) is 0 Å². The lowest BCUT2D eigenvalue weighted by Crippen LogP contribution is -1.96. The Labute approximate surface area is 73.3 Å². The summed E-state index contributed by atoms with van der Waals surface area (Å²) in [6.45, 7) is 2.98. The van der Waals surface area contributed by atoms with Crippen molar-refractivity contribution >= 4 is 27.5 Å². The largest absolute Gasteiger partial charge is 0.333 e. The van der Waals surface area contributed by atoms with E-state index in [4.69, 9.17) is 11.6 Å². The Kier molecular flexibility index (Phi) is 2.74. The molecule has 0 spiro atoms. The Morgan fingerprint density at radius 2 is 2.50 bits per heavy atom. The van der Waals surface area contributed by atoms with E-state index in [1.807, 2.05) is 10.8 Å². The summed E-state index contributed by atoms with van der Waals surface area (Å²) in [7, 11) is 0. The predicted octanol–water partition coefficient (Wildman–Crippen LogP) is 2.45. The monoisotopic (exact) mass is 222 g/mol. The van der Waals surface area contributed by atoms with Gasteiger partial charge in [0, 0.05) is 12.7 Å². The van der Waals surface area contributed by atoms with Gasteiger partial charge in [-0.25, -0.2) is 4.98 Å². The van der Waals surface area contributed by atoms with Gasteiger partial charge in [-0.2, -0.15) is 0 Å². The van der Waals surface area contributed by atoms with Crippen LogP contribution < -0.4 is 0 Å².